The maximum atomic E-state index is 11.4. The number of rotatable bonds is 8. The van der Waals surface area contributed by atoms with Gasteiger partial charge in [-0.1, -0.05) is 0 Å². The predicted molar refractivity (Wildman–Crippen MR) is 91.4 cm³/mol. The van der Waals surface area contributed by atoms with Crippen LogP contribution in [0.15, 0.2) is 23.1 Å². The third kappa shape index (κ3) is 5.62. The van der Waals surface area contributed by atoms with Gasteiger partial charge in [-0.05, 0) is 12.1 Å². The summed E-state index contributed by atoms with van der Waals surface area (Å²) in [5, 5.41) is 28.2. The minimum atomic E-state index is -4.09. The molecule has 1 aliphatic rings. The van der Waals surface area contributed by atoms with Crippen molar-refractivity contribution in [3.8, 4) is 0 Å². The van der Waals surface area contributed by atoms with Crippen LogP contribution in [0.4, 0.5) is 11.4 Å². The van der Waals surface area contributed by atoms with Crippen LogP contribution in [0.3, 0.4) is 0 Å². The molecule has 0 saturated carbocycles. The predicted octanol–water partition coefficient (Wildman–Crippen LogP) is -0.170. The van der Waals surface area contributed by atoms with E-state index in [1.54, 1.807) is 0 Å². The number of nitrogens with two attached hydrogens (primary N) is 1. The topological polar surface area (TPSA) is 165 Å². The SMILES string of the molecule is NS(=O)(=O)c1ccc(N[C@@H](CC(=O)O)CN2CCOCC2)c([N+](=O)[O-])c1. The molecule has 1 atom stereocenters. The molecule has 0 radical (unpaired) electrons. The molecule has 1 heterocycles. The van der Waals surface area contributed by atoms with E-state index in [1.165, 1.54) is 6.07 Å². The van der Waals surface area contributed by atoms with E-state index < -0.39 is 37.5 Å². The van der Waals surface area contributed by atoms with Gasteiger partial charge < -0.3 is 15.2 Å². The van der Waals surface area contributed by atoms with E-state index >= 15 is 0 Å². The number of aliphatic carboxylic acids is 1. The van der Waals surface area contributed by atoms with E-state index in [0.29, 0.717) is 32.8 Å². The molecular formula is C14H20N4O7S. The molecule has 0 bridgehead atoms. The number of hydrogen-bond acceptors (Lipinski definition) is 8. The van der Waals surface area contributed by atoms with Crippen LogP contribution in [-0.2, 0) is 19.6 Å². The molecule has 0 unspecified atom stereocenters. The summed E-state index contributed by atoms with van der Waals surface area (Å²) in [4.78, 5) is 23.3. The fraction of sp³-hybridized carbons (Fsp3) is 0.500. The molecular weight excluding hydrogens is 368 g/mol. The normalized spacial score (nSPS) is 16.8. The number of nitro benzene ring substituents is 1. The Hall–Kier alpha value is -2.28. The summed E-state index contributed by atoms with van der Waals surface area (Å²) in [7, 11) is -4.09. The molecule has 0 amide bonds. The van der Waals surface area contributed by atoms with Gasteiger partial charge in [-0.25, -0.2) is 13.6 Å². The number of benzene rings is 1. The van der Waals surface area contributed by atoms with Crippen LogP contribution in [0.25, 0.3) is 0 Å². The lowest BCUT2D eigenvalue weighted by Gasteiger charge is -2.30. The highest BCUT2D eigenvalue weighted by Gasteiger charge is 2.24. The summed E-state index contributed by atoms with van der Waals surface area (Å²) in [6, 6.07) is 2.60. The van der Waals surface area contributed by atoms with E-state index in [2.05, 4.69) is 5.32 Å². The molecule has 0 spiro atoms. The van der Waals surface area contributed by atoms with Crippen molar-refractivity contribution >= 4 is 27.4 Å². The number of carbonyl (C=O) groups is 1. The average Bonchev–Trinajstić information content (AvgIpc) is 2.54. The zero-order chi connectivity index (χ0) is 19.3. The van der Waals surface area contributed by atoms with Crippen molar-refractivity contribution < 1.29 is 28.0 Å². The molecule has 1 saturated heterocycles. The van der Waals surface area contributed by atoms with Crippen LogP contribution in [0.1, 0.15) is 6.42 Å². The number of primary sulfonamides is 1. The average molecular weight is 388 g/mol. The molecule has 0 aliphatic carbocycles. The lowest BCUT2D eigenvalue weighted by atomic mass is 10.1. The van der Waals surface area contributed by atoms with Gasteiger partial charge in [0.25, 0.3) is 5.69 Å². The van der Waals surface area contributed by atoms with E-state index in [1.807, 2.05) is 4.90 Å². The first-order valence-electron chi connectivity index (χ1n) is 7.76. The van der Waals surface area contributed by atoms with Gasteiger partial charge in [0, 0.05) is 31.7 Å². The lowest BCUT2D eigenvalue weighted by molar-refractivity contribution is -0.384. The Labute approximate surface area is 149 Å². The number of carboxylic acids is 1. The molecule has 0 aromatic heterocycles. The lowest BCUT2D eigenvalue weighted by Crippen LogP contribution is -2.43. The fourth-order valence-electron chi connectivity index (χ4n) is 2.65. The summed E-state index contributed by atoms with van der Waals surface area (Å²) in [6.45, 7) is 2.67. The Balaban J connectivity index is 2.25. The molecule has 1 aliphatic heterocycles. The largest absolute Gasteiger partial charge is 0.481 e. The van der Waals surface area contributed by atoms with Crippen molar-refractivity contribution in [2.45, 2.75) is 17.4 Å². The number of hydrogen-bond donors (Lipinski definition) is 3. The molecule has 1 aromatic rings. The van der Waals surface area contributed by atoms with Crippen LogP contribution < -0.4 is 10.5 Å². The summed E-state index contributed by atoms with van der Waals surface area (Å²) >= 11 is 0. The second kappa shape index (κ2) is 8.40. The summed E-state index contributed by atoms with van der Waals surface area (Å²) < 4.78 is 28.0. The van der Waals surface area contributed by atoms with E-state index in [-0.39, 0.29) is 12.1 Å². The van der Waals surface area contributed by atoms with Crippen LogP contribution in [0, 0.1) is 10.1 Å². The van der Waals surface area contributed by atoms with Gasteiger partial charge in [0.05, 0.1) is 29.5 Å². The highest BCUT2D eigenvalue weighted by molar-refractivity contribution is 7.89. The fourth-order valence-corrected chi connectivity index (χ4v) is 3.18. The molecule has 1 aromatic carbocycles. The van der Waals surface area contributed by atoms with Gasteiger partial charge in [0.2, 0.25) is 10.0 Å². The van der Waals surface area contributed by atoms with Crippen molar-refractivity contribution in [3.63, 3.8) is 0 Å². The highest BCUT2D eigenvalue weighted by Crippen LogP contribution is 2.28. The van der Waals surface area contributed by atoms with Gasteiger partial charge in [-0.2, -0.15) is 0 Å². The molecule has 26 heavy (non-hydrogen) atoms. The van der Waals surface area contributed by atoms with Crippen LogP contribution in [0.5, 0.6) is 0 Å². The van der Waals surface area contributed by atoms with Gasteiger partial charge in [-0.3, -0.25) is 19.8 Å². The Morgan fingerprint density at radius 2 is 2.08 bits per heavy atom. The van der Waals surface area contributed by atoms with Crippen LogP contribution in [0.2, 0.25) is 0 Å². The molecule has 144 valence electrons. The van der Waals surface area contributed by atoms with Gasteiger partial charge >= 0.3 is 5.97 Å². The second-order valence-corrected chi connectivity index (χ2v) is 7.39. The molecule has 11 nitrogen and oxygen atoms in total. The number of carboxylic acid groups (broad SMARTS) is 1. The zero-order valence-corrected chi connectivity index (χ0v) is 14.6. The second-order valence-electron chi connectivity index (χ2n) is 5.83. The number of nitrogens with one attached hydrogen (secondary N) is 1. The van der Waals surface area contributed by atoms with Crippen molar-refractivity contribution in [2.24, 2.45) is 5.14 Å². The maximum absolute atomic E-state index is 11.4. The van der Waals surface area contributed by atoms with E-state index in [9.17, 15) is 23.3 Å². The van der Waals surface area contributed by atoms with E-state index in [0.717, 1.165) is 12.1 Å². The summed E-state index contributed by atoms with van der Waals surface area (Å²) in [6.07, 6.45) is -0.258. The van der Waals surface area contributed by atoms with Crippen molar-refractivity contribution in [1.29, 1.82) is 0 Å². The number of ether oxygens (including phenoxy) is 1. The Kier molecular flexibility index (Phi) is 6.47. The highest BCUT2D eigenvalue weighted by atomic mass is 32.2. The smallest absolute Gasteiger partial charge is 0.305 e. The molecule has 12 heteroatoms. The third-order valence-electron chi connectivity index (χ3n) is 3.86. The van der Waals surface area contributed by atoms with Crippen molar-refractivity contribution in [2.75, 3.05) is 38.2 Å². The monoisotopic (exact) mass is 388 g/mol. The van der Waals surface area contributed by atoms with Crippen molar-refractivity contribution in [1.82, 2.24) is 4.90 Å². The van der Waals surface area contributed by atoms with Gasteiger partial charge in [-0.15, -0.1) is 0 Å². The molecule has 4 N–H and O–H groups in total. The summed E-state index contributed by atoms with van der Waals surface area (Å²) in [5.74, 6) is -1.06. The number of anilines is 1. The molecule has 2 rings (SSSR count). The van der Waals surface area contributed by atoms with E-state index in [4.69, 9.17) is 15.0 Å². The van der Waals surface area contributed by atoms with Gasteiger partial charge in [0.15, 0.2) is 0 Å². The number of nitro groups is 1. The Morgan fingerprint density at radius 3 is 2.62 bits per heavy atom. The third-order valence-corrected chi connectivity index (χ3v) is 4.77. The van der Waals surface area contributed by atoms with Crippen LogP contribution in [-0.4, -0.2) is 68.2 Å². The maximum Gasteiger partial charge on any atom is 0.305 e. The van der Waals surface area contributed by atoms with Crippen LogP contribution >= 0.6 is 0 Å². The standard InChI is InChI=1S/C14H20N4O7S/c15-26(23,24)11-1-2-12(13(8-11)18(21)22)16-10(7-14(19)20)9-17-3-5-25-6-4-17/h1-2,8,10,16H,3-7,9H2,(H,19,20)(H2,15,23,24)/t10-/m0/s1. The first-order valence-corrected chi connectivity index (χ1v) is 9.31. The zero-order valence-electron chi connectivity index (χ0n) is 13.8. The quantitative estimate of drug-likeness (QED) is 0.405. The first kappa shape index (κ1) is 20.0. The Bertz CT molecular complexity index is 778. The minimum absolute atomic E-state index is 0.0295. The summed E-state index contributed by atoms with van der Waals surface area (Å²) in [5.41, 5.74) is -0.462. The van der Waals surface area contributed by atoms with Gasteiger partial charge in [0.1, 0.15) is 5.69 Å². The Morgan fingerprint density at radius 1 is 1.42 bits per heavy atom. The first-order chi connectivity index (χ1) is 12.2. The number of sulfonamides is 1. The minimum Gasteiger partial charge on any atom is -0.481 e. The number of morpholine rings is 1. The van der Waals surface area contributed by atoms with Crippen molar-refractivity contribution in [3.05, 3.63) is 28.3 Å². The molecule has 1 fully saturated rings. The number of nitrogens with zero attached hydrogens (tertiary/aromatic N) is 2.